The highest BCUT2D eigenvalue weighted by Gasteiger charge is 2.47. The lowest BCUT2D eigenvalue weighted by Gasteiger charge is -2.41. The third-order valence-electron chi connectivity index (χ3n) is 4.84. The summed E-state index contributed by atoms with van der Waals surface area (Å²) in [6.07, 6.45) is 4.43. The van der Waals surface area contributed by atoms with Gasteiger partial charge in [-0.3, -0.25) is 10.2 Å². The molecule has 0 aliphatic rings. The summed E-state index contributed by atoms with van der Waals surface area (Å²) in [5, 5.41) is 25.8. The van der Waals surface area contributed by atoms with Crippen LogP contribution in [0.1, 0.15) is 37.5 Å². The van der Waals surface area contributed by atoms with E-state index in [-0.39, 0.29) is 0 Å². The molecule has 2 heterocycles. The van der Waals surface area contributed by atoms with Crippen molar-refractivity contribution >= 4 is 11.6 Å². The molecular weight excluding hydrogens is 340 g/mol. The Kier molecular flexibility index (Phi) is 4.87. The zero-order valence-corrected chi connectivity index (χ0v) is 15.0. The van der Waals surface area contributed by atoms with E-state index in [0.717, 1.165) is 5.56 Å². The summed E-state index contributed by atoms with van der Waals surface area (Å²) in [6.45, 7) is 3.90. The third-order valence-corrected chi connectivity index (χ3v) is 5.09. The Bertz CT molecular complexity index is 785. The predicted octanol–water partition coefficient (Wildman–Crippen LogP) is 2.46. The minimum Gasteiger partial charge on any atom is -0.388 e. The van der Waals surface area contributed by atoms with Gasteiger partial charge in [0.2, 0.25) is 0 Å². The highest BCUT2D eigenvalue weighted by molar-refractivity contribution is 6.30. The summed E-state index contributed by atoms with van der Waals surface area (Å²) in [4.78, 5) is 8.43. The molecule has 3 aromatic rings. The molecule has 2 aromatic heterocycles. The number of halogens is 1. The lowest BCUT2D eigenvalue weighted by atomic mass is 9.69. The van der Waals surface area contributed by atoms with Crippen LogP contribution in [-0.4, -0.2) is 41.1 Å². The number of hydrogen-bond acceptors (Lipinski definition) is 5. The topological polar surface area (TPSA) is 103 Å². The van der Waals surface area contributed by atoms with Gasteiger partial charge in [0.05, 0.1) is 11.0 Å². The minimum atomic E-state index is -1.11. The number of nitrogens with one attached hydrogen (secondary N) is 2. The largest absolute Gasteiger partial charge is 0.388 e. The number of aromatic amines is 2. The number of nitrogens with zero attached hydrogens (tertiary/aromatic N) is 4. The standard InChI is InChI=1S/C17H21ClN6O/c1-16(2,15-20-11-22-24-15)17(25,9-14-19-10-21-23-14)8-7-12-3-5-13(18)6-4-12/h3-6,10-11,25H,7-9H2,1-2H3,(H,19,21,23)(H,20,22,24). The van der Waals surface area contributed by atoms with Gasteiger partial charge >= 0.3 is 0 Å². The molecule has 0 aliphatic carbocycles. The normalized spacial score (nSPS) is 14.4. The van der Waals surface area contributed by atoms with Crippen LogP contribution in [-0.2, 0) is 18.3 Å². The number of H-pyrrole nitrogens is 2. The predicted molar refractivity (Wildman–Crippen MR) is 94.2 cm³/mol. The Hall–Kier alpha value is -2.25. The van der Waals surface area contributed by atoms with Gasteiger partial charge in [-0.05, 0) is 44.4 Å². The van der Waals surface area contributed by atoms with Crippen molar-refractivity contribution in [2.75, 3.05) is 0 Å². The van der Waals surface area contributed by atoms with Gasteiger partial charge in [-0.2, -0.15) is 10.2 Å². The Labute approximate surface area is 150 Å². The lowest BCUT2D eigenvalue weighted by Crippen LogP contribution is -2.51. The summed E-state index contributed by atoms with van der Waals surface area (Å²) < 4.78 is 0. The SMILES string of the molecule is CC(C)(c1ncn[nH]1)C(O)(CCc1ccc(Cl)cc1)Cc1ncn[nH]1. The van der Waals surface area contributed by atoms with E-state index in [9.17, 15) is 5.11 Å². The molecule has 8 heteroatoms. The molecular formula is C17H21ClN6O. The molecule has 3 rings (SSSR count). The second-order valence-corrected chi connectivity index (χ2v) is 7.16. The van der Waals surface area contributed by atoms with Gasteiger partial charge in [0.15, 0.2) is 0 Å². The Morgan fingerprint density at radius 2 is 1.72 bits per heavy atom. The van der Waals surface area contributed by atoms with E-state index in [4.69, 9.17) is 11.6 Å². The molecule has 0 spiro atoms. The van der Waals surface area contributed by atoms with Gasteiger partial charge in [0.1, 0.15) is 24.3 Å². The molecule has 0 amide bonds. The molecule has 1 aromatic carbocycles. The lowest BCUT2D eigenvalue weighted by molar-refractivity contribution is -0.0379. The molecule has 1 atom stereocenters. The first-order chi connectivity index (χ1) is 11.9. The average Bonchev–Trinajstić information content (AvgIpc) is 3.28. The molecule has 0 saturated heterocycles. The Morgan fingerprint density at radius 1 is 1.04 bits per heavy atom. The third kappa shape index (κ3) is 3.72. The second kappa shape index (κ2) is 6.93. The molecule has 0 aliphatic heterocycles. The summed E-state index contributed by atoms with van der Waals surface area (Å²) in [5.74, 6) is 1.26. The molecule has 3 N–H and O–H groups in total. The maximum absolute atomic E-state index is 11.6. The maximum Gasteiger partial charge on any atom is 0.137 e. The van der Waals surface area contributed by atoms with Crippen molar-refractivity contribution in [2.45, 2.75) is 44.1 Å². The molecule has 1 unspecified atom stereocenters. The average molecular weight is 361 g/mol. The van der Waals surface area contributed by atoms with Crippen LogP contribution in [0.5, 0.6) is 0 Å². The van der Waals surface area contributed by atoms with E-state index >= 15 is 0 Å². The summed E-state index contributed by atoms with van der Waals surface area (Å²) in [5.41, 5.74) is -0.664. The number of rotatable bonds is 7. The fourth-order valence-corrected chi connectivity index (χ4v) is 3.07. The van der Waals surface area contributed by atoms with Crippen LogP contribution in [0.25, 0.3) is 0 Å². The minimum absolute atomic E-state index is 0.328. The van der Waals surface area contributed by atoms with E-state index in [1.807, 2.05) is 38.1 Å². The second-order valence-electron chi connectivity index (χ2n) is 6.73. The number of aryl methyl sites for hydroxylation is 1. The van der Waals surface area contributed by atoms with Gasteiger partial charge in [0, 0.05) is 11.4 Å². The van der Waals surface area contributed by atoms with Crippen LogP contribution >= 0.6 is 11.6 Å². The van der Waals surface area contributed by atoms with Crippen LogP contribution in [0.3, 0.4) is 0 Å². The van der Waals surface area contributed by atoms with Gasteiger partial charge in [-0.15, -0.1) is 0 Å². The fourth-order valence-electron chi connectivity index (χ4n) is 2.94. The van der Waals surface area contributed by atoms with Crippen LogP contribution < -0.4 is 0 Å². The van der Waals surface area contributed by atoms with Crippen LogP contribution in [0.4, 0.5) is 0 Å². The zero-order chi connectivity index (χ0) is 17.9. The number of aliphatic hydroxyl groups is 1. The highest BCUT2D eigenvalue weighted by Crippen LogP contribution is 2.38. The molecule has 7 nitrogen and oxygen atoms in total. The molecule has 0 bridgehead atoms. The first-order valence-corrected chi connectivity index (χ1v) is 8.45. The molecule has 0 saturated carbocycles. The Balaban J connectivity index is 1.87. The molecule has 0 fully saturated rings. The Morgan fingerprint density at radius 3 is 2.32 bits per heavy atom. The fraction of sp³-hybridized carbons (Fsp3) is 0.412. The van der Waals surface area contributed by atoms with Crippen molar-refractivity contribution in [3.8, 4) is 0 Å². The molecule has 25 heavy (non-hydrogen) atoms. The smallest absolute Gasteiger partial charge is 0.137 e. The maximum atomic E-state index is 11.6. The number of hydrogen-bond donors (Lipinski definition) is 3. The van der Waals surface area contributed by atoms with E-state index in [1.54, 1.807) is 0 Å². The first kappa shape index (κ1) is 17.6. The van der Waals surface area contributed by atoms with Gasteiger partial charge in [-0.25, -0.2) is 9.97 Å². The van der Waals surface area contributed by atoms with Gasteiger partial charge < -0.3 is 5.11 Å². The number of aromatic nitrogens is 6. The van der Waals surface area contributed by atoms with Crippen LogP contribution in [0.2, 0.25) is 5.02 Å². The van der Waals surface area contributed by atoms with Crippen molar-refractivity contribution in [1.29, 1.82) is 0 Å². The highest BCUT2D eigenvalue weighted by atomic mass is 35.5. The quantitative estimate of drug-likeness (QED) is 0.600. The van der Waals surface area contributed by atoms with E-state index in [2.05, 4.69) is 30.4 Å². The van der Waals surface area contributed by atoms with E-state index in [1.165, 1.54) is 12.7 Å². The molecule has 0 radical (unpaired) electrons. The van der Waals surface area contributed by atoms with Crippen molar-refractivity contribution in [3.05, 3.63) is 59.2 Å². The van der Waals surface area contributed by atoms with Crippen LogP contribution in [0.15, 0.2) is 36.9 Å². The van der Waals surface area contributed by atoms with Crippen molar-refractivity contribution < 1.29 is 5.11 Å². The summed E-state index contributed by atoms with van der Waals surface area (Å²) in [6, 6.07) is 7.65. The van der Waals surface area contributed by atoms with Crippen molar-refractivity contribution in [3.63, 3.8) is 0 Å². The van der Waals surface area contributed by atoms with Crippen LogP contribution in [0, 0.1) is 0 Å². The van der Waals surface area contributed by atoms with Crippen molar-refractivity contribution in [2.24, 2.45) is 0 Å². The monoisotopic (exact) mass is 360 g/mol. The van der Waals surface area contributed by atoms with E-state index in [0.29, 0.717) is 35.9 Å². The van der Waals surface area contributed by atoms with Gasteiger partial charge in [0.25, 0.3) is 0 Å². The first-order valence-electron chi connectivity index (χ1n) is 8.08. The van der Waals surface area contributed by atoms with Gasteiger partial charge in [-0.1, -0.05) is 23.7 Å². The van der Waals surface area contributed by atoms with Crippen molar-refractivity contribution in [1.82, 2.24) is 30.4 Å². The van der Waals surface area contributed by atoms with E-state index < -0.39 is 11.0 Å². The molecule has 132 valence electrons. The summed E-state index contributed by atoms with van der Waals surface area (Å²) in [7, 11) is 0. The zero-order valence-electron chi connectivity index (χ0n) is 14.2. The summed E-state index contributed by atoms with van der Waals surface area (Å²) >= 11 is 5.95. The number of benzene rings is 1.